The van der Waals surface area contributed by atoms with Crippen molar-refractivity contribution in [3.8, 4) is 11.3 Å². The smallest absolute Gasteiger partial charge is 0.316 e. The normalized spacial score (nSPS) is 15.9. The largest absolute Gasteiger partial charge is 0.710 e. The van der Waals surface area contributed by atoms with E-state index in [1.54, 1.807) is 0 Å². The van der Waals surface area contributed by atoms with E-state index < -0.39 is 0 Å². The molecule has 1 fully saturated rings. The van der Waals surface area contributed by atoms with Gasteiger partial charge in [-0.3, -0.25) is 4.90 Å². The average molecular weight is 368 g/mol. The summed E-state index contributed by atoms with van der Waals surface area (Å²) < 4.78 is 0.999. The molecular weight excluding hydrogens is 346 g/mol. The summed E-state index contributed by atoms with van der Waals surface area (Å²) in [6.45, 7) is 2.64. The van der Waals surface area contributed by atoms with Gasteiger partial charge in [0.25, 0.3) is 0 Å². The van der Waals surface area contributed by atoms with Gasteiger partial charge in [-0.05, 0) is 49.1 Å². The highest BCUT2D eigenvalue weighted by Crippen LogP contribution is 2.27. The van der Waals surface area contributed by atoms with Crippen LogP contribution in [0.15, 0.2) is 48.5 Å². The van der Waals surface area contributed by atoms with Gasteiger partial charge in [0.1, 0.15) is 12.2 Å². The Kier molecular flexibility index (Phi) is 5.05. The van der Waals surface area contributed by atoms with E-state index in [0.29, 0.717) is 23.1 Å². The van der Waals surface area contributed by atoms with Gasteiger partial charge in [-0.1, -0.05) is 54.8 Å². The maximum absolute atomic E-state index is 13.2. The molecule has 1 aliphatic rings. The van der Waals surface area contributed by atoms with E-state index in [1.807, 2.05) is 48.5 Å². The van der Waals surface area contributed by atoms with Crippen molar-refractivity contribution in [1.29, 1.82) is 0 Å². The zero-order valence-corrected chi connectivity index (χ0v) is 15.5. The highest BCUT2D eigenvalue weighted by atomic mass is 35.5. The van der Waals surface area contributed by atoms with Gasteiger partial charge in [0.05, 0.1) is 5.39 Å². The molecule has 3 aromatic rings. The van der Waals surface area contributed by atoms with Crippen molar-refractivity contribution in [2.24, 2.45) is 0 Å². The van der Waals surface area contributed by atoms with E-state index in [0.717, 1.165) is 34.3 Å². The van der Waals surface area contributed by atoms with E-state index in [1.165, 1.54) is 25.7 Å². The maximum atomic E-state index is 13.2. The Morgan fingerprint density at radius 2 is 1.73 bits per heavy atom. The summed E-state index contributed by atoms with van der Waals surface area (Å²) in [4.78, 5) is 7.02. The molecule has 0 saturated carbocycles. The molecule has 0 radical (unpaired) electrons. The number of hydrogen-bond donors (Lipinski definition) is 0. The second kappa shape index (κ2) is 7.60. The van der Waals surface area contributed by atoms with E-state index in [4.69, 9.17) is 11.6 Å². The molecule has 134 valence electrons. The number of aromatic nitrogens is 2. The van der Waals surface area contributed by atoms with Gasteiger partial charge in [-0.15, -0.1) is 0 Å². The van der Waals surface area contributed by atoms with Gasteiger partial charge in [0.2, 0.25) is 0 Å². The number of halogens is 1. The molecule has 1 aliphatic heterocycles. The second-order valence-electron chi connectivity index (χ2n) is 6.89. The van der Waals surface area contributed by atoms with E-state index in [2.05, 4.69) is 9.88 Å². The highest BCUT2D eigenvalue weighted by molar-refractivity contribution is 6.31. The first-order valence-corrected chi connectivity index (χ1v) is 9.59. The van der Waals surface area contributed by atoms with Crippen LogP contribution in [0.5, 0.6) is 0 Å². The molecule has 0 N–H and O–H groups in total. The summed E-state index contributed by atoms with van der Waals surface area (Å²) in [7, 11) is 0. The summed E-state index contributed by atoms with van der Waals surface area (Å²) in [5.74, 6) is 0.556. The highest BCUT2D eigenvalue weighted by Gasteiger charge is 2.22. The van der Waals surface area contributed by atoms with Crippen molar-refractivity contribution in [3.05, 3.63) is 64.6 Å². The number of benzene rings is 2. The van der Waals surface area contributed by atoms with Crippen LogP contribution in [0.2, 0.25) is 5.02 Å². The first kappa shape index (κ1) is 17.3. The molecule has 5 heteroatoms. The minimum Gasteiger partial charge on any atom is -0.710 e. The Labute approximate surface area is 158 Å². The summed E-state index contributed by atoms with van der Waals surface area (Å²) in [5, 5.41) is 14.6. The fourth-order valence-corrected chi connectivity index (χ4v) is 3.85. The van der Waals surface area contributed by atoms with Gasteiger partial charge in [0.15, 0.2) is 5.52 Å². The molecular formula is C21H22ClN3O. The van der Waals surface area contributed by atoms with Crippen LogP contribution in [0.3, 0.4) is 0 Å². The Morgan fingerprint density at radius 3 is 2.46 bits per heavy atom. The van der Waals surface area contributed by atoms with Gasteiger partial charge < -0.3 is 5.21 Å². The molecule has 2 heterocycles. The lowest BCUT2D eigenvalue weighted by molar-refractivity contribution is -0.606. The summed E-state index contributed by atoms with van der Waals surface area (Å²) in [6.07, 6.45) is 4.92. The third-order valence-electron chi connectivity index (χ3n) is 5.01. The van der Waals surface area contributed by atoms with Crippen molar-refractivity contribution >= 4 is 22.5 Å². The van der Waals surface area contributed by atoms with Crippen molar-refractivity contribution in [2.45, 2.75) is 32.2 Å². The zero-order chi connectivity index (χ0) is 17.9. The molecule has 0 bridgehead atoms. The third-order valence-corrected chi connectivity index (χ3v) is 5.25. The SMILES string of the molecule is [O-][n+]1c(CN2CCCCCC2)nc2ccc(Cl)cc2c1-c1ccccc1. The monoisotopic (exact) mass is 367 g/mol. The molecule has 1 saturated heterocycles. The number of likely N-dealkylation sites (tertiary alicyclic amines) is 1. The van der Waals surface area contributed by atoms with Gasteiger partial charge >= 0.3 is 5.82 Å². The van der Waals surface area contributed by atoms with Crippen LogP contribution in [0.4, 0.5) is 0 Å². The molecule has 0 amide bonds. The van der Waals surface area contributed by atoms with Crippen LogP contribution in [0.1, 0.15) is 31.5 Å². The van der Waals surface area contributed by atoms with Crippen LogP contribution in [0, 0.1) is 5.21 Å². The van der Waals surface area contributed by atoms with Crippen LogP contribution in [-0.2, 0) is 6.54 Å². The summed E-state index contributed by atoms with van der Waals surface area (Å²) in [5.41, 5.74) is 2.32. The fraction of sp³-hybridized carbons (Fsp3) is 0.333. The zero-order valence-electron chi connectivity index (χ0n) is 14.7. The van der Waals surface area contributed by atoms with Crippen LogP contribution in [0.25, 0.3) is 22.2 Å². The molecule has 4 rings (SSSR count). The minimum absolute atomic E-state index is 0.556. The van der Waals surface area contributed by atoms with Crippen LogP contribution < -0.4 is 4.73 Å². The van der Waals surface area contributed by atoms with Crippen molar-refractivity contribution in [1.82, 2.24) is 9.88 Å². The fourth-order valence-electron chi connectivity index (χ4n) is 3.68. The van der Waals surface area contributed by atoms with Crippen LogP contribution in [-0.4, -0.2) is 23.0 Å². The third kappa shape index (κ3) is 3.53. The molecule has 0 atom stereocenters. The first-order chi connectivity index (χ1) is 12.7. The Bertz CT molecular complexity index is 906. The molecule has 0 spiro atoms. The number of rotatable bonds is 3. The average Bonchev–Trinajstić information content (AvgIpc) is 2.92. The van der Waals surface area contributed by atoms with Gasteiger partial charge in [-0.2, -0.15) is 0 Å². The van der Waals surface area contributed by atoms with E-state index in [-0.39, 0.29) is 0 Å². The molecule has 0 aliphatic carbocycles. The predicted molar refractivity (Wildman–Crippen MR) is 105 cm³/mol. The minimum atomic E-state index is 0.556. The standard InChI is InChI=1S/C21H22ClN3O/c22-17-10-11-19-18(14-17)21(16-8-4-3-5-9-16)25(26)20(23-19)15-24-12-6-1-2-7-13-24/h3-5,8-11,14H,1-2,6-7,12-13,15H2. The summed E-state index contributed by atoms with van der Waals surface area (Å²) >= 11 is 6.20. The second-order valence-corrected chi connectivity index (χ2v) is 7.33. The molecule has 4 nitrogen and oxygen atoms in total. The van der Waals surface area contributed by atoms with Gasteiger partial charge in [-0.25, -0.2) is 4.73 Å². The summed E-state index contributed by atoms with van der Waals surface area (Å²) in [6, 6.07) is 15.3. The first-order valence-electron chi connectivity index (χ1n) is 9.22. The lowest BCUT2D eigenvalue weighted by Crippen LogP contribution is -2.40. The van der Waals surface area contributed by atoms with Gasteiger partial charge in [0, 0.05) is 10.6 Å². The lowest BCUT2D eigenvalue weighted by Gasteiger charge is -2.20. The van der Waals surface area contributed by atoms with Crippen molar-refractivity contribution < 1.29 is 4.73 Å². The van der Waals surface area contributed by atoms with Crippen molar-refractivity contribution in [2.75, 3.05) is 13.1 Å². The Hall–Kier alpha value is -2.17. The Morgan fingerprint density at radius 1 is 1.00 bits per heavy atom. The molecule has 2 aromatic carbocycles. The molecule has 26 heavy (non-hydrogen) atoms. The molecule has 0 unspecified atom stereocenters. The quantitative estimate of drug-likeness (QED) is 0.503. The number of nitrogens with zero attached hydrogens (tertiary/aromatic N) is 3. The van der Waals surface area contributed by atoms with Crippen molar-refractivity contribution in [3.63, 3.8) is 0 Å². The topological polar surface area (TPSA) is 43.1 Å². The lowest BCUT2D eigenvalue weighted by atomic mass is 10.1. The number of fused-ring (bicyclic) bond motifs is 1. The number of hydrogen-bond acceptors (Lipinski definition) is 3. The Balaban J connectivity index is 1.84. The van der Waals surface area contributed by atoms with Crippen LogP contribution >= 0.6 is 11.6 Å². The van der Waals surface area contributed by atoms with E-state index >= 15 is 0 Å². The maximum Gasteiger partial charge on any atom is 0.316 e. The molecule has 1 aromatic heterocycles. The predicted octanol–water partition coefficient (Wildman–Crippen LogP) is 4.56. The van der Waals surface area contributed by atoms with E-state index in [9.17, 15) is 5.21 Å².